The van der Waals surface area contributed by atoms with Crippen molar-refractivity contribution in [2.75, 3.05) is 39.6 Å². The first kappa shape index (κ1) is 76.1. The molecular weight excluding hydrogens is 1290 g/mol. The molecule has 5 aliphatic carbocycles. The summed E-state index contributed by atoms with van der Waals surface area (Å²) in [6.45, 7) is 10.5. The van der Waals surface area contributed by atoms with Gasteiger partial charge in [-0.05, 0) is 111 Å². The average molecular weight is 1400 g/mol. The van der Waals surface area contributed by atoms with E-state index in [1.54, 1.807) is 0 Å². The van der Waals surface area contributed by atoms with Crippen molar-refractivity contribution in [3.05, 3.63) is 11.6 Å². The van der Waals surface area contributed by atoms with Gasteiger partial charge in [0, 0.05) is 5.41 Å². The smallest absolute Gasteiger partial charge is 0.315 e. The zero-order valence-electron chi connectivity index (χ0n) is 55.7. The second kappa shape index (κ2) is 28.8. The van der Waals surface area contributed by atoms with Crippen molar-refractivity contribution < 1.29 is 159 Å². The van der Waals surface area contributed by atoms with Crippen LogP contribution in [0, 0.1) is 50.2 Å². The predicted octanol–water partition coefficient (Wildman–Crippen LogP) is -5.75. The summed E-state index contributed by atoms with van der Waals surface area (Å²) in [4.78, 5) is 15.3. The Morgan fingerprint density at radius 1 is 0.495 bits per heavy atom. The summed E-state index contributed by atoms with van der Waals surface area (Å²) >= 11 is 0. The fourth-order valence-electron chi connectivity index (χ4n) is 19.0. The molecule has 3 unspecified atom stereocenters. The maximum atomic E-state index is 15.3. The molecule has 0 aromatic heterocycles. The van der Waals surface area contributed by atoms with Crippen LogP contribution in [0.1, 0.15) is 113 Å². The van der Waals surface area contributed by atoms with Gasteiger partial charge in [0.1, 0.15) is 134 Å². The van der Waals surface area contributed by atoms with E-state index in [0.29, 0.717) is 64.2 Å². The van der Waals surface area contributed by atoms with Crippen LogP contribution >= 0.6 is 0 Å². The summed E-state index contributed by atoms with van der Waals surface area (Å²) in [5.74, 6) is -1.26. The summed E-state index contributed by atoms with van der Waals surface area (Å²) in [5.41, 5.74) is -2.70. The number of esters is 1. The molecule has 97 heavy (non-hydrogen) atoms. The summed E-state index contributed by atoms with van der Waals surface area (Å²) in [5, 5.41) is 206. The highest BCUT2D eigenvalue weighted by Crippen LogP contribution is 2.76. The minimum Gasteiger partial charge on any atom is -0.432 e. The lowest BCUT2D eigenvalue weighted by Crippen LogP contribution is -2.68. The number of fused-ring (bicyclic) bond motifs is 7. The fraction of sp³-hybridized carbons (Fsp3) is 0.954. The number of hydrogen-bond donors (Lipinski definition) is 19. The lowest BCUT2D eigenvalue weighted by Gasteiger charge is -2.71. The first-order valence-electron chi connectivity index (χ1n) is 34.3. The second-order valence-electron chi connectivity index (χ2n) is 31.3. The van der Waals surface area contributed by atoms with Crippen molar-refractivity contribution >= 4 is 5.97 Å². The Bertz CT molecular complexity index is 2710. The third-order valence-corrected chi connectivity index (χ3v) is 25.4. The standard InChI is InChI=1S/C65H106O32/c1-25-36(70)41(75)47(81)54(88-25)96-52-51(95-56-49(83)44(78)39(73)30(21-68)91-56)32(93-55-48(82)43(77)38(72)29(20-67)90-55)23-87-58(52)94-35-11-12-61(4)33(62(35,5)24-69)10-13-64(7)34(61)9-8-26-27-18-60(2,3)14-16-65(27,17-15-63(26,64)6)59(85)97-57-50(84)45(79)40(74)31(92-57)22-86-53-46(80)42(76)37(71)28(19-66)89-53/h8,25,27-58,66-84H,9-24H2,1-7H3/t25-,27+,28+,29+,30+,31+,32-,33?,34+,35?,36-,37+,38+,39+,40+,41+,42-,43-,44-,45-,46+,47+,48+,49+,50+,51-,52+,53+,54-,55+,56+,57-,58-,61-,62?,63+,64+,65-/m0/s1. The van der Waals surface area contributed by atoms with E-state index in [9.17, 15) is 97.0 Å². The normalized spacial score (nSPS) is 54.7. The number of rotatable bonds is 17. The van der Waals surface area contributed by atoms with E-state index in [0.717, 1.165) is 5.57 Å². The third kappa shape index (κ3) is 13.2. The van der Waals surface area contributed by atoms with Crippen molar-refractivity contribution in [1.82, 2.24) is 0 Å². The van der Waals surface area contributed by atoms with Crippen LogP contribution in [0.2, 0.25) is 0 Å². The Hall–Kier alpha value is -1.99. The highest BCUT2D eigenvalue weighted by molar-refractivity contribution is 5.79. The van der Waals surface area contributed by atoms with Gasteiger partial charge in [-0.2, -0.15) is 0 Å². The minimum atomic E-state index is -2.03. The first-order valence-corrected chi connectivity index (χ1v) is 34.3. The number of aliphatic hydroxyl groups excluding tert-OH is 19. The molecule has 6 saturated heterocycles. The van der Waals surface area contributed by atoms with Crippen LogP contribution < -0.4 is 0 Å². The van der Waals surface area contributed by atoms with Crippen LogP contribution in [-0.4, -0.2) is 327 Å². The van der Waals surface area contributed by atoms with Crippen molar-refractivity contribution in [1.29, 1.82) is 0 Å². The molecule has 32 nitrogen and oxygen atoms in total. The highest BCUT2D eigenvalue weighted by Gasteiger charge is 2.71. The molecule has 0 aromatic rings. The van der Waals surface area contributed by atoms with Gasteiger partial charge in [-0.1, -0.05) is 53.2 Å². The van der Waals surface area contributed by atoms with E-state index < -0.39 is 257 Å². The highest BCUT2D eigenvalue weighted by atomic mass is 16.8. The Balaban J connectivity index is 0.861. The molecule has 0 bridgehead atoms. The van der Waals surface area contributed by atoms with Gasteiger partial charge in [0.05, 0.1) is 57.3 Å². The molecule has 0 amide bonds. The SMILES string of the molecule is C[C@@H]1O[C@@H](O[C@H]2[C@H](OC3CC[C@@]4(C)C(CC[C@]5(C)[C@@H]4CC=C4[C@H]6CC(C)(C)CC[C@]6(C(=O)O[C@@H]6O[C@H](CO[C@@H]7O[C@H](CO)[C@@H](O)[C@H](O)[C@H]7O)[C@@H](O)[C@H](O)[C@H]6O)CC[C@]45C)C3(C)CO)OC[C@H](O[C@H]3O[C@H](CO)[C@@H](O)[C@H](O)[C@H]3O)[C@@H]2O[C@H]2O[C@H](CO)[C@@H](O)[C@H](O)[C@H]2O)[C@H](O)[C@H](O)[C@H]1O. The molecule has 0 radical (unpaired) electrons. The number of allylic oxidation sites excluding steroid dienone is 2. The van der Waals surface area contributed by atoms with Crippen LogP contribution in [0.25, 0.3) is 0 Å². The molecule has 11 rings (SSSR count). The molecule has 558 valence electrons. The van der Waals surface area contributed by atoms with Gasteiger partial charge in [-0.15, -0.1) is 0 Å². The van der Waals surface area contributed by atoms with Crippen molar-refractivity contribution in [2.24, 2.45) is 50.2 Å². The van der Waals surface area contributed by atoms with E-state index in [1.807, 2.05) is 6.92 Å². The molecule has 6 heterocycles. The Labute approximate surface area is 561 Å². The zero-order valence-corrected chi connectivity index (χ0v) is 55.7. The summed E-state index contributed by atoms with van der Waals surface area (Å²) < 4.78 is 73.6. The molecule has 6 aliphatic heterocycles. The summed E-state index contributed by atoms with van der Waals surface area (Å²) in [6, 6.07) is 0. The number of carbonyl (C=O) groups excluding carboxylic acids is 1. The van der Waals surface area contributed by atoms with Gasteiger partial charge in [-0.3, -0.25) is 4.79 Å². The number of carbonyl (C=O) groups is 1. The summed E-state index contributed by atoms with van der Waals surface area (Å²) in [7, 11) is 0. The van der Waals surface area contributed by atoms with Crippen molar-refractivity contribution in [3.63, 3.8) is 0 Å². The zero-order chi connectivity index (χ0) is 70.7. The molecule has 0 spiro atoms. The van der Waals surface area contributed by atoms with E-state index in [4.69, 9.17) is 56.8 Å². The van der Waals surface area contributed by atoms with Gasteiger partial charge < -0.3 is 154 Å². The van der Waals surface area contributed by atoms with E-state index in [1.165, 1.54) is 6.92 Å². The Morgan fingerprint density at radius 2 is 0.990 bits per heavy atom. The van der Waals surface area contributed by atoms with Gasteiger partial charge >= 0.3 is 5.97 Å². The quantitative estimate of drug-likeness (QED) is 0.0366. The van der Waals surface area contributed by atoms with Gasteiger partial charge in [0.25, 0.3) is 0 Å². The van der Waals surface area contributed by atoms with Gasteiger partial charge in [-0.25, -0.2) is 0 Å². The topological polar surface area (TPSA) is 512 Å². The molecule has 4 saturated carbocycles. The molecule has 38 atom stereocenters. The third-order valence-electron chi connectivity index (χ3n) is 25.4. The molecular formula is C65H106O32. The summed E-state index contributed by atoms with van der Waals surface area (Å²) in [6.07, 6.45) is -43.6. The Kier molecular flexibility index (Phi) is 22.6. The van der Waals surface area contributed by atoms with Crippen molar-refractivity contribution in [2.45, 2.75) is 297 Å². The molecule has 19 N–H and O–H groups in total. The lowest BCUT2D eigenvalue weighted by atomic mass is 9.33. The van der Waals surface area contributed by atoms with Crippen molar-refractivity contribution in [3.8, 4) is 0 Å². The van der Waals surface area contributed by atoms with Gasteiger partial charge in [0.2, 0.25) is 6.29 Å². The van der Waals surface area contributed by atoms with Crippen LogP contribution in [-0.2, 0) is 61.6 Å². The maximum absolute atomic E-state index is 15.3. The number of ether oxygens (including phenoxy) is 12. The monoisotopic (exact) mass is 1400 g/mol. The fourth-order valence-corrected chi connectivity index (χ4v) is 19.0. The molecule has 0 aromatic carbocycles. The largest absolute Gasteiger partial charge is 0.432 e. The second-order valence-corrected chi connectivity index (χ2v) is 31.3. The van der Waals surface area contributed by atoms with Crippen LogP contribution in [0.3, 0.4) is 0 Å². The van der Waals surface area contributed by atoms with E-state index >= 15 is 4.79 Å². The number of hydrogen-bond acceptors (Lipinski definition) is 32. The van der Waals surface area contributed by atoms with Crippen LogP contribution in [0.15, 0.2) is 11.6 Å². The molecule has 11 aliphatic rings. The average Bonchev–Trinajstić information content (AvgIpc) is 0.676. The maximum Gasteiger partial charge on any atom is 0.315 e. The minimum absolute atomic E-state index is 0.0106. The molecule has 32 heteroatoms. The number of aliphatic hydroxyl groups is 19. The van der Waals surface area contributed by atoms with E-state index in [-0.39, 0.29) is 23.2 Å². The predicted molar refractivity (Wildman–Crippen MR) is 322 cm³/mol. The Morgan fingerprint density at radius 3 is 1.57 bits per heavy atom. The van der Waals surface area contributed by atoms with E-state index in [2.05, 4.69) is 40.7 Å². The van der Waals surface area contributed by atoms with Crippen LogP contribution in [0.4, 0.5) is 0 Å². The van der Waals surface area contributed by atoms with Crippen LogP contribution in [0.5, 0.6) is 0 Å². The van der Waals surface area contributed by atoms with Gasteiger partial charge in [0.15, 0.2) is 31.5 Å². The molecule has 10 fully saturated rings. The lowest BCUT2D eigenvalue weighted by molar-refractivity contribution is -0.403. The first-order chi connectivity index (χ1) is 45.6.